The molecule has 0 aromatic heterocycles. The maximum absolute atomic E-state index is 10.2. The minimum absolute atomic E-state index is 0.116. The zero-order valence-electron chi connectivity index (χ0n) is 20.5. The second-order valence-electron chi connectivity index (χ2n) is 12.1. The van der Waals surface area contributed by atoms with Crippen LogP contribution >= 0.6 is 0 Å². The monoisotopic (exact) mass is 410 g/mol. The zero-order chi connectivity index (χ0) is 21.7. The summed E-state index contributed by atoms with van der Waals surface area (Å²) >= 11 is 0. The summed E-state index contributed by atoms with van der Waals surface area (Å²) in [6.07, 6.45) is 19.7. The van der Waals surface area contributed by atoms with E-state index in [4.69, 9.17) is 0 Å². The number of rotatable bonds is 5. The highest BCUT2D eigenvalue weighted by molar-refractivity contribution is 5.39. The molecule has 1 heteroatoms. The lowest BCUT2D eigenvalue weighted by Crippen LogP contribution is -2.46. The molecule has 0 aliphatic heterocycles. The average molecular weight is 411 g/mol. The van der Waals surface area contributed by atoms with Gasteiger partial charge in [-0.1, -0.05) is 77.0 Å². The molecule has 0 heterocycles. The first-order valence-corrected chi connectivity index (χ1v) is 13.0. The van der Waals surface area contributed by atoms with Gasteiger partial charge in [0.15, 0.2) is 0 Å². The molecule has 1 N–H and O–H groups in total. The van der Waals surface area contributed by atoms with Crippen molar-refractivity contribution in [2.24, 2.45) is 46.3 Å². The minimum atomic E-state index is -0.116. The van der Waals surface area contributed by atoms with E-state index in [0.717, 1.165) is 42.4 Å². The van der Waals surface area contributed by atoms with Gasteiger partial charge in [-0.05, 0) is 97.7 Å². The van der Waals surface area contributed by atoms with Crippen molar-refractivity contribution in [3.63, 3.8) is 0 Å². The number of fused-ring (bicyclic) bond motifs is 5. The molecule has 0 aromatic carbocycles. The number of allylic oxidation sites excluding steroid dienone is 5. The Morgan fingerprint density at radius 3 is 2.47 bits per heavy atom. The fourth-order valence-electron chi connectivity index (χ4n) is 8.17. The maximum Gasteiger partial charge on any atom is 0.0578 e. The molecule has 0 saturated heterocycles. The Morgan fingerprint density at radius 1 is 1.00 bits per heavy atom. The standard InChI is InChI=1S/C29H46O/c1-7-21(19(2)3)9-8-20(4)25-12-13-26-24-11-10-22-18-23(30)14-16-28(22,5)27(24)15-17-29(25,26)6/h8-11,19-21,23,25-27,30H,7,12-18H2,1-6H3/t20-,21?,23+,25-,26+,27+,28+,29-/m1/s1. The molecule has 1 nitrogen and oxygen atoms in total. The lowest BCUT2D eigenvalue weighted by molar-refractivity contribution is 0.0382. The van der Waals surface area contributed by atoms with Gasteiger partial charge in [-0.2, -0.15) is 0 Å². The van der Waals surface area contributed by atoms with E-state index in [9.17, 15) is 5.11 Å². The Labute approximate surface area is 186 Å². The van der Waals surface area contributed by atoms with Crippen molar-refractivity contribution in [1.82, 2.24) is 0 Å². The van der Waals surface area contributed by atoms with E-state index in [1.807, 2.05) is 0 Å². The summed E-state index contributed by atoms with van der Waals surface area (Å²) in [4.78, 5) is 0. The molecule has 0 aromatic rings. The summed E-state index contributed by atoms with van der Waals surface area (Å²) in [5.74, 6) is 4.45. The van der Waals surface area contributed by atoms with Gasteiger partial charge in [0.05, 0.1) is 6.10 Å². The smallest absolute Gasteiger partial charge is 0.0578 e. The third-order valence-corrected chi connectivity index (χ3v) is 10.2. The molecule has 4 rings (SSSR count). The quantitative estimate of drug-likeness (QED) is 0.460. The predicted octanol–water partition coefficient (Wildman–Crippen LogP) is 7.72. The fraction of sp³-hybridized carbons (Fsp3) is 0.793. The molecule has 3 saturated carbocycles. The molecule has 30 heavy (non-hydrogen) atoms. The van der Waals surface area contributed by atoms with Crippen molar-refractivity contribution in [2.45, 2.75) is 99.0 Å². The number of aliphatic hydroxyl groups excluding tert-OH is 1. The Morgan fingerprint density at radius 2 is 1.77 bits per heavy atom. The van der Waals surface area contributed by atoms with E-state index in [-0.39, 0.29) is 6.10 Å². The molecule has 4 aliphatic rings. The van der Waals surface area contributed by atoms with Crippen LogP contribution in [0.25, 0.3) is 0 Å². The van der Waals surface area contributed by atoms with Gasteiger partial charge < -0.3 is 5.11 Å². The van der Waals surface area contributed by atoms with Crippen LogP contribution < -0.4 is 0 Å². The predicted molar refractivity (Wildman–Crippen MR) is 128 cm³/mol. The highest BCUT2D eigenvalue weighted by Gasteiger charge is 2.56. The van der Waals surface area contributed by atoms with Gasteiger partial charge >= 0.3 is 0 Å². The summed E-state index contributed by atoms with van der Waals surface area (Å²) in [6, 6.07) is 0. The van der Waals surface area contributed by atoms with E-state index in [2.05, 4.69) is 65.8 Å². The van der Waals surface area contributed by atoms with Crippen LogP contribution in [0.4, 0.5) is 0 Å². The van der Waals surface area contributed by atoms with Crippen molar-refractivity contribution < 1.29 is 5.11 Å². The van der Waals surface area contributed by atoms with Crippen molar-refractivity contribution >= 4 is 0 Å². The molecule has 0 radical (unpaired) electrons. The number of hydrogen-bond donors (Lipinski definition) is 1. The van der Waals surface area contributed by atoms with Crippen LogP contribution in [-0.4, -0.2) is 11.2 Å². The van der Waals surface area contributed by atoms with Gasteiger partial charge in [0, 0.05) is 0 Å². The minimum Gasteiger partial charge on any atom is -0.393 e. The number of aliphatic hydroxyl groups is 1. The summed E-state index contributed by atoms with van der Waals surface area (Å²) in [5.41, 5.74) is 4.07. The first kappa shape index (κ1) is 22.4. The third kappa shape index (κ3) is 3.58. The fourth-order valence-corrected chi connectivity index (χ4v) is 8.17. The van der Waals surface area contributed by atoms with Gasteiger partial charge in [0.25, 0.3) is 0 Å². The molecule has 3 fully saturated rings. The molecular formula is C29H46O. The summed E-state index contributed by atoms with van der Waals surface area (Å²) in [6.45, 7) is 14.7. The average Bonchev–Trinajstić information content (AvgIpc) is 3.06. The molecule has 168 valence electrons. The van der Waals surface area contributed by atoms with Gasteiger partial charge in [-0.15, -0.1) is 0 Å². The second-order valence-corrected chi connectivity index (χ2v) is 12.1. The Hall–Kier alpha value is -0.820. The maximum atomic E-state index is 10.2. The van der Waals surface area contributed by atoms with Crippen LogP contribution in [0, 0.1) is 46.3 Å². The number of hydrogen-bond acceptors (Lipinski definition) is 1. The van der Waals surface area contributed by atoms with Crippen LogP contribution in [0.15, 0.2) is 35.5 Å². The normalized spacial score (nSPS) is 42.9. The van der Waals surface area contributed by atoms with Crippen molar-refractivity contribution in [2.75, 3.05) is 0 Å². The molecule has 0 bridgehead atoms. The van der Waals surface area contributed by atoms with Crippen molar-refractivity contribution in [3.05, 3.63) is 35.5 Å². The SMILES string of the molecule is CCC(C=C[C@@H](C)[C@H]1CC[C@H]2C3=CC=C4C[C@@H](O)CC[C@]4(C)[C@H]3CC[C@]12C)C(C)C. The third-order valence-electron chi connectivity index (χ3n) is 10.2. The van der Waals surface area contributed by atoms with Gasteiger partial charge in [-0.25, -0.2) is 0 Å². The largest absolute Gasteiger partial charge is 0.393 e. The molecule has 0 spiro atoms. The second kappa shape index (κ2) is 8.27. The Balaban J connectivity index is 1.56. The molecule has 0 amide bonds. The van der Waals surface area contributed by atoms with Gasteiger partial charge in [-0.3, -0.25) is 0 Å². The summed E-state index contributed by atoms with van der Waals surface area (Å²) in [5, 5.41) is 10.2. The molecular weight excluding hydrogens is 364 g/mol. The first-order valence-electron chi connectivity index (χ1n) is 13.0. The van der Waals surface area contributed by atoms with Gasteiger partial charge in [0.2, 0.25) is 0 Å². The zero-order valence-corrected chi connectivity index (χ0v) is 20.5. The first-order chi connectivity index (χ1) is 14.2. The van der Waals surface area contributed by atoms with E-state index in [1.165, 1.54) is 44.1 Å². The summed E-state index contributed by atoms with van der Waals surface area (Å²) < 4.78 is 0. The topological polar surface area (TPSA) is 20.2 Å². The van der Waals surface area contributed by atoms with E-state index < -0.39 is 0 Å². The Kier molecular flexibility index (Phi) is 6.17. The van der Waals surface area contributed by atoms with Gasteiger partial charge in [0.1, 0.15) is 0 Å². The van der Waals surface area contributed by atoms with Crippen LogP contribution in [0.3, 0.4) is 0 Å². The van der Waals surface area contributed by atoms with Crippen LogP contribution in [-0.2, 0) is 0 Å². The molecule has 4 aliphatic carbocycles. The molecule has 8 atom stereocenters. The highest BCUT2D eigenvalue weighted by Crippen LogP contribution is 2.66. The Bertz CT molecular complexity index is 727. The lowest BCUT2D eigenvalue weighted by atomic mass is 9.50. The van der Waals surface area contributed by atoms with Crippen LogP contribution in [0.1, 0.15) is 92.9 Å². The van der Waals surface area contributed by atoms with Crippen LogP contribution in [0.5, 0.6) is 0 Å². The van der Waals surface area contributed by atoms with E-state index >= 15 is 0 Å². The van der Waals surface area contributed by atoms with Crippen LogP contribution in [0.2, 0.25) is 0 Å². The molecule has 1 unspecified atom stereocenters. The lowest BCUT2D eigenvalue weighted by Gasteiger charge is -2.55. The van der Waals surface area contributed by atoms with E-state index in [1.54, 1.807) is 5.57 Å². The highest BCUT2D eigenvalue weighted by atomic mass is 16.3. The van der Waals surface area contributed by atoms with Crippen molar-refractivity contribution in [3.8, 4) is 0 Å². The van der Waals surface area contributed by atoms with E-state index in [0.29, 0.717) is 16.7 Å². The van der Waals surface area contributed by atoms with Crippen molar-refractivity contribution in [1.29, 1.82) is 0 Å². The summed E-state index contributed by atoms with van der Waals surface area (Å²) in [7, 11) is 0.